The van der Waals surface area contributed by atoms with Crippen molar-refractivity contribution in [2.24, 2.45) is 0 Å². The van der Waals surface area contributed by atoms with Crippen molar-refractivity contribution >= 4 is 38.9 Å². The Kier molecular flexibility index (Phi) is 4.47. The summed E-state index contributed by atoms with van der Waals surface area (Å²) in [5.74, 6) is -0.779. The highest BCUT2D eigenvalue weighted by molar-refractivity contribution is 9.10. The van der Waals surface area contributed by atoms with Gasteiger partial charge in [-0.1, -0.05) is 22.0 Å². The van der Waals surface area contributed by atoms with Gasteiger partial charge in [0.25, 0.3) is 0 Å². The molecule has 0 aliphatic carbocycles. The van der Waals surface area contributed by atoms with E-state index in [2.05, 4.69) is 36.5 Å². The molecule has 2 N–H and O–H groups in total. The predicted octanol–water partition coefficient (Wildman–Crippen LogP) is 5.00. The van der Waals surface area contributed by atoms with Crippen LogP contribution in [0.25, 0.3) is 0 Å². The van der Waals surface area contributed by atoms with Gasteiger partial charge in [0.2, 0.25) is 0 Å². The summed E-state index contributed by atoms with van der Waals surface area (Å²) < 4.78 is 27.1. The van der Waals surface area contributed by atoms with E-state index in [1.54, 1.807) is 6.07 Å². The molecule has 23 heavy (non-hydrogen) atoms. The van der Waals surface area contributed by atoms with E-state index >= 15 is 0 Å². The van der Waals surface area contributed by atoms with Gasteiger partial charge in [0.1, 0.15) is 18.0 Å². The third kappa shape index (κ3) is 4.01. The Morgan fingerprint density at radius 1 is 0.783 bits per heavy atom. The quantitative estimate of drug-likeness (QED) is 0.672. The van der Waals surface area contributed by atoms with E-state index in [0.29, 0.717) is 17.3 Å². The maximum atomic E-state index is 13.2. The van der Waals surface area contributed by atoms with Crippen LogP contribution >= 0.6 is 15.9 Å². The van der Waals surface area contributed by atoms with Gasteiger partial charge in [0, 0.05) is 28.0 Å². The van der Waals surface area contributed by atoms with Gasteiger partial charge < -0.3 is 10.6 Å². The van der Waals surface area contributed by atoms with Crippen LogP contribution in [0.1, 0.15) is 0 Å². The van der Waals surface area contributed by atoms with Crippen molar-refractivity contribution in [2.75, 3.05) is 10.6 Å². The first kappa shape index (κ1) is 15.4. The van der Waals surface area contributed by atoms with Gasteiger partial charge in [0.15, 0.2) is 11.6 Å². The van der Waals surface area contributed by atoms with Crippen LogP contribution < -0.4 is 10.6 Å². The molecule has 7 heteroatoms. The lowest BCUT2D eigenvalue weighted by Crippen LogP contribution is -1.99. The molecule has 0 fully saturated rings. The Hall–Kier alpha value is -2.54. The molecular weight excluding hydrogens is 366 g/mol. The molecule has 0 amide bonds. The highest BCUT2D eigenvalue weighted by atomic mass is 79.9. The first-order valence-electron chi connectivity index (χ1n) is 6.67. The Labute approximate surface area is 139 Å². The second-order valence-electron chi connectivity index (χ2n) is 4.68. The average Bonchev–Trinajstić information content (AvgIpc) is 2.51. The lowest BCUT2D eigenvalue weighted by atomic mass is 10.3. The summed E-state index contributed by atoms with van der Waals surface area (Å²) in [5, 5.41) is 6.04. The van der Waals surface area contributed by atoms with Crippen LogP contribution in [0.2, 0.25) is 0 Å². The molecule has 0 aliphatic rings. The minimum atomic E-state index is -0.920. The van der Waals surface area contributed by atoms with E-state index in [-0.39, 0.29) is 0 Å². The molecule has 2 aromatic carbocycles. The Morgan fingerprint density at radius 3 is 2.13 bits per heavy atom. The lowest BCUT2D eigenvalue weighted by Gasteiger charge is -2.09. The lowest BCUT2D eigenvalue weighted by molar-refractivity contribution is 0.509. The summed E-state index contributed by atoms with van der Waals surface area (Å²) in [6.07, 6.45) is 1.38. The Bertz CT molecular complexity index is 842. The number of anilines is 4. The molecule has 3 rings (SSSR count). The van der Waals surface area contributed by atoms with Crippen molar-refractivity contribution in [3.8, 4) is 0 Å². The molecule has 0 spiro atoms. The Morgan fingerprint density at radius 2 is 1.48 bits per heavy atom. The third-order valence-corrected chi connectivity index (χ3v) is 3.45. The van der Waals surface area contributed by atoms with E-state index in [0.717, 1.165) is 22.3 Å². The van der Waals surface area contributed by atoms with E-state index in [1.807, 2.05) is 24.3 Å². The summed E-state index contributed by atoms with van der Waals surface area (Å²) in [4.78, 5) is 8.18. The maximum absolute atomic E-state index is 13.2. The molecule has 0 atom stereocenters. The van der Waals surface area contributed by atoms with Crippen molar-refractivity contribution in [1.82, 2.24) is 9.97 Å². The molecule has 0 radical (unpaired) electrons. The van der Waals surface area contributed by atoms with Crippen molar-refractivity contribution < 1.29 is 8.78 Å². The number of halogens is 3. The molecule has 0 aliphatic heterocycles. The number of aromatic nitrogens is 2. The van der Waals surface area contributed by atoms with Crippen LogP contribution in [0.15, 0.2) is 59.3 Å². The zero-order valence-corrected chi connectivity index (χ0v) is 13.3. The number of benzene rings is 2. The normalized spacial score (nSPS) is 10.4. The average molecular weight is 377 g/mol. The summed E-state index contributed by atoms with van der Waals surface area (Å²) >= 11 is 3.40. The molecule has 0 saturated heterocycles. The molecule has 4 nitrogen and oxygen atoms in total. The van der Waals surface area contributed by atoms with Crippen molar-refractivity contribution in [3.05, 3.63) is 71.0 Å². The molecule has 3 aromatic rings. The summed E-state index contributed by atoms with van der Waals surface area (Å²) in [6.45, 7) is 0. The first-order valence-corrected chi connectivity index (χ1v) is 7.46. The summed E-state index contributed by atoms with van der Waals surface area (Å²) in [7, 11) is 0. The highest BCUT2D eigenvalue weighted by Crippen LogP contribution is 2.22. The first-order chi connectivity index (χ1) is 11.1. The fourth-order valence-corrected chi connectivity index (χ4v) is 2.33. The zero-order chi connectivity index (χ0) is 16.2. The SMILES string of the molecule is Fc1ccc(Nc2cc(Nc3cccc(Br)c3)ncn2)cc1F. The third-order valence-electron chi connectivity index (χ3n) is 2.96. The topological polar surface area (TPSA) is 49.8 Å². The monoisotopic (exact) mass is 376 g/mol. The second-order valence-corrected chi connectivity index (χ2v) is 5.59. The standard InChI is InChI=1S/C16H11BrF2N4/c17-10-2-1-3-11(6-10)22-15-8-16(21-9-20-15)23-12-4-5-13(18)14(19)7-12/h1-9H,(H2,20,21,22,23). The van der Waals surface area contributed by atoms with Gasteiger partial charge >= 0.3 is 0 Å². The van der Waals surface area contributed by atoms with Gasteiger partial charge in [-0.3, -0.25) is 0 Å². The smallest absolute Gasteiger partial charge is 0.160 e. The van der Waals surface area contributed by atoms with Crippen LogP contribution in [0.4, 0.5) is 31.8 Å². The van der Waals surface area contributed by atoms with Crippen LogP contribution in [-0.4, -0.2) is 9.97 Å². The number of rotatable bonds is 4. The highest BCUT2D eigenvalue weighted by Gasteiger charge is 2.05. The van der Waals surface area contributed by atoms with Crippen molar-refractivity contribution in [2.45, 2.75) is 0 Å². The molecule has 116 valence electrons. The fourth-order valence-electron chi connectivity index (χ4n) is 1.93. The molecular formula is C16H11BrF2N4. The van der Waals surface area contributed by atoms with Crippen LogP contribution in [0, 0.1) is 11.6 Å². The number of hydrogen-bond acceptors (Lipinski definition) is 4. The summed E-state index contributed by atoms with van der Waals surface area (Å²) in [6, 6.07) is 12.8. The minimum Gasteiger partial charge on any atom is -0.340 e. The Balaban J connectivity index is 1.78. The molecule has 1 aromatic heterocycles. The number of hydrogen-bond donors (Lipinski definition) is 2. The summed E-state index contributed by atoms with van der Waals surface area (Å²) in [5.41, 5.74) is 1.26. The van der Waals surface area contributed by atoms with Crippen LogP contribution in [-0.2, 0) is 0 Å². The molecule has 0 unspecified atom stereocenters. The van der Waals surface area contributed by atoms with E-state index in [4.69, 9.17) is 0 Å². The second kappa shape index (κ2) is 6.70. The van der Waals surface area contributed by atoms with Crippen molar-refractivity contribution in [3.63, 3.8) is 0 Å². The van der Waals surface area contributed by atoms with Gasteiger partial charge in [-0.2, -0.15) is 0 Å². The zero-order valence-electron chi connectivity index (χ0n) is 11.7. The van der Waals surface area contributed by atoms with E-state index < -0.39 is 11.6 Å². The molecule has 1 heterocycles. The van der Waals surface area contributed by atoms with Gasteiger partial charge in [-0.05, 0) is 30.3 Å². The van der Waals surface area contributed by atoms with Gasteiger partial charge in [0.05, 0.1) is 0 Å². The van der Waals surface area contributed by atoms with Gasteiger partial charge in [-0.25, -0.2) is 18.7 Å². The predicted molar refractivity (Wildman–Crippen MR) is 89.1 cm³/mol. The largest absolute Gasteiger partial charge is 0.340 e. The van der Waals surface area contributed by atoms with Crippen LogP contribution in [0.3, 0.4) is 0 Å². The minimum absolute atomic E-state index is 0.399. The van der Waals surface area contributed by atoms with Crippen LogP contribution in [0.5, 0.6) is 0 Å². The van der Waals surface area contributed by atoms with Gasteiger partial charge in [-0.15, -0.1) is 0 Å². The fraction of sp³-hybridized carbons (Fsp3) is 0. The number of nitrogens with one attached hydrogen (secondary N) is 2. The maximum Gasteiger partial charge on any atom is 0.160 e. The molecule has 0 saturated carbocycles. The molecule has 0 bridgehead atoms. The van der Waals surface area contributed by atoms with E-state index in [1.165, 1.54) is 12.4 Å². The number of nitrogens with zero attached hydrogens (tertiary/aromatic N) is 2. The van der Waals surface area contributed by atoms with E-state index in [9.17, 15) is 8.78 Å². The van der Waals surface area contributed by atoms with Crippen molar-refractivity contribution in [1.29, 1.82) is 0 Å².